The van der Waals surface area contributed by atoms with Crippen LogP contribution in [0.25, 0.3) is 0 Å². The van der Waals surface area contributed by atoms with E-state index in [4.69, 9.17) is 10.00 Å². The molecule has 116 valence electrons. The van der Waals surface area contributed by atoms with E-state index < -0.39 is 0 Å². The Bertz CT molecular complexity index is 708. The standard InChI is InChI=1S/C20H20N2O/c1-2-22(14-7-11-18-8-4-3-5-9-18)17-19-10-6-12-20(16-19)23-15-13-21/h3-6,8-10,12,16H,2,14-15,17H2,1H3. The molecule has 0 amide bonds. The minimum Gasteiger partial charge on any atom is -0.479 e. The largest absolute Gasteiger partial charge is 0.479 e. The lowest BCUT2D eigenvalue weighted by molar-refractivity contribution is 0.314. The SMILES string of the molecule is CCN(CC#Cc1ccccc1)Cc1cccc(OCC#N)c1. The fraction of sp³-hybridized carbons (Fsp3) is 0.250. The molecular formula is C20H20N2O. The fourth-order valence-electron chi connectivity index (χ4n) is 2.16. The van der Waals surface area contributed by atoms with E-state index in [0.717, 1.165) is 30.0 Å². The van der Waals surface area contributed by atoms with Gasteiger partial charge >= 0.3 is 0 Å². The first kappa shape index (κ1) is 16.6. The maximum Gasteiger partial charge on any atom is 0.174 e. The molecule has 2 rings (SSSR count). The van der Waals surface area contributed by atoms with Gasteiger partial charge in [-0.3, -0.25) is 4.90 Å². The summed E-state index contributed by atoms with van der Waals surface area (Å²) < 4.78 is 5.34. The molecule has 0 aliphatic rings. The monoisotopic (exact) mass is 304 g/mol. The van der Waals surface area contributed by atoms with Crippen LogP contribution in [-0.2, 0) is 6.54 Å². The summed E-state index contributed by atoms with van der Waals surface area (Å²) in [7, 11) is 0. The summed E-state index contributed by atoms with van der Waals surface area (Å²) >= 11 is 0. The Morgan fingerprint density at radius 2 is 1.91 bits per heavy atom. The highest BCUT2D eigenvalue weighted by Crippen LogP contribution is 2.14. The number of nitriles is 1. The van der Waals surface area contributed by atoms with E-state index in [1.165, 1.54) is 0 Å². The molecule has 0 N–H and O–H groups in total. The zero-order valence-corrected chi connectivity index (χ0v) is 13.3. The summed E-state index contributed by atoms with van der Waals surface area (Å²) in [5, 5.41) is 8.57. The van der Waals surface area contributed by atoms with Crippen LogP contribution in [0.5, 0.6) is 5.75 Å². The van der Waals surface area contributed by atoms with Gasteiger partial charge in [-0.1, -0.05) is 49.1 Å². The molecule has 0 aromatic heterocycles. The summed E-state index contributed by atoms with van der Waals surface area (Å²) in [6, 6.07) is 19.8. The average Bonchev–Trinajstić information content (AvgIpc) is 2.60. The van der Waals surface area contributed by atoms with Crippen molar-refractivity contribution >= 4 is 0 Å². The molecule has 0 spiro atoms. The number of hydrogen-bond donors (Lipinski definition) is 0. The Morgan fingerprint density at radius 1 is 1.09 bits per heavy atom. The van der Waals surface area contributed by atoms with Crippen molar-refractivity contribution in [2.45, 2.75) is 13.5 Å². The Hall–Kier alpha value is -2.75. The maximum absolute atomic E-state index is 8.57. The first-order valence-electron chi connectivity index (χ1n) is 7.66. The number of ether oxygens (including phenoxy) is 1. The number of benzene rings is 2. The zero-order valence-electron chi connectivity index (χ0n) is 13.3. The summed E-state index contributed by atoms with van der Waals surface area (Å²) in [6.45, 7) is 4.65. The number of nitrogens with zero attached hydrogens (tertiary/aromatic N) is 2. The summed E-state index contributed by atoms with van der Waals surface area (Å²) in [4.78, 5) is 2.26. The molecule has 0 saturated carbocycles. The van der Waals surface area contributed by atoms with Crippen LogP contribution in [-0.4, -0.2) is 24.6 Å². The summed E-state index contributed by atoms with van der Waals surface area (Å²) in [5.74, 6) is 7.14. The van der Waals surface area contributed by atoms with E-state index in [1.807, 2.05) is 54.6 Å². The first-order valence-corrected chi connectivity index (χ1v) is 7.66. The molecule has 0 unspecified atom stereocenters. The molecule has 0 saturated heterocycles. The van der Waals surface area contributed by atoms with Gasteiger partial charge in [0.1, 0.15) is 11.8 Å². The highest BCUT2D eigenvalue weighted by molar-refractivity contribution is 5.34. The molecule has 0 radical (unpaired) electrons. The highest BCUT2D eigenvalue weighted by atomic mass is 16.5. The Labute approximate surface area is 138 Å². The van der Waals surface area contributed by atoms with E-state index in [9.17, 15) is 0 Å². The fourth-order valence-corrected chi connectivity index (χ4v) is 2.16. The molecular weight excluding hydrogens is 284 g/mol. The Morgan fingerprint density at radius 3 is 2.65 bits per heavy atom. The predicted octanol–water partition coefficient (Wildman–Crippen LogP) is 3.46. The third kappa shape index (κ3) is 5.87. The molecule has 0 bridgehead atoms. The molecule has 0 aliphatic carbocycles. The van der Waals surface area contributed by atoms with Crippen molar-refractivity contribution in [3.63, 3.8) is 0 Å². The van der Waals surface area contributed by atoms with Gasteiger partial charge in [-0.2, -0.15) is 5.26 Å². The molecule has 23 heavy (non-hydrogen) atoms. The van der Waals surface area contributed by atoms with E-state index in [-0.39, 0.29) is 6.61 Å². The molecule has 0 fully saturated rings. The lowest BCUT2D eigenvalue weighted by atomic mass is 10.2. The van der Waals surface area contributed by atoms with Gasteiger partial charge in [-0.15, -0.1) is 0 Å². The van der Waals surface area contributed by atoms with Gasteiger partial charge in [0, 0.05) is 12.1 Å². The van der Waals surface area contributed by atoms with Crippen molar-refractivity contribution in [3.8, 4) is 23.7 Å². The van der Waals surface area contributed by atoms with Crippen molar-refractivity contribution in [2.24, 2.45) is 0 Å². The molecule has 0 heterocycles. The van der Waals surface area contributed by atoms with Crippen molar-refractivity contribution < 1.29 is 4.74 Å². The molecule has 2 aromatic rings. The highest BCUT2D eigenvalue weighted by Gasteiger charge is 2.03. The molecule has 0 aliphatic heterocycles. The van der Waals surface area contributed by atoms with Crippen molar-refractivity contribution in [3.05, 3.63) is 65.7 Å². The van der Waals surface area contributed by atoms with E-state index in [1.54, 1.807) is 0 Å². The van der Waals surface area contributed by atoms with Crippen molar-refractivity contribution in [2.75, 3.05) is 19.7 Å². The van der Waals surface area contributed by atoms with Crippen molar-refractivity contribution in [1.29, 1.82) is 5.26 Å². The normalized spacial score (nSPS) is 9.78. The van der Waals surface area contributed by atoms with Gasteiger partial charge in [-0.25, -0.2) is 0 Å². The lowest BCUT2D eigenvalue weighted by Gasteiger charge is -2.17. The van der Waals surface area contributed by atoms with Gasteiger partial charge < -0.3 is 4.74 Å². The second-order valence-electron chi connectivity index (χ2n) is 5.07. The van der Waals surface area contributed by atoms with Gasteiger partial charge in [0.15, 0.2) is 6.61 Å². The topological polar surface area (TPSA) is 36.3 Å². The Kier molecular flexibility index (Phi) is 6.72. The van der Waals surface area contributed by atoms with Gasteiger partial charge in [-0.05, 0) is 36.4 Å². The third-order valence-corrected chi connectivity index (χ3v) is 3.36. The molecule has 2 aromatic carbocycles. The first-order chi connectivity index (χ1) is 11.3. The van der Waals surface area contributed by atoms with E-state index in [2.05, 4.69) is 29.7 Å². The van der Waals surface area contributed by atoms with Gasteiger partial charge in [0.25, 0.3) is 0 Å². The minimum absolute atomic E-state index is 0.0729. The zero-order chi connectivity index (χ0) is 16.3. The van der Waals surface area contributed by atoms with Crippen LogP contribution in [0.4, 0.5) is 0 Å². The second-order valence-corrected chi connectivity index (χ2v) is 5.07. The van der Waals surface area contributed by atoms with Crippen LogP contribution < -0.4 is 4.74 Å². The predicted molar refractivity (Wildman–Crippen MR) is 91.8 cm³/mol. The molecule has 3 heteroatoms. The summed E-state index contributed by atoms with van der Waals surface area (Å²) in [6.07, 6.45) is 0. The van der Waals surface area contributed by atoms with Crippen LogP contribution >= 0.6 is 0 Å². The van der Waals surface area contributed by atoms with Crippen LogP contribution in [0.3, 0.4) is 0 Å². The van der Waals surface area contributed by atoms with Crippen LogP contribution in [0.2, 0.25) is 0 Å². The van der Waals surface area contributed by atoms with Crippen LogP contribution in [0.1, 0.15) is 18.1 Å². The Balaban J connectivity index is 1.94. The smallest absolute Gasteiger partial charge is 0.174 e. The summed E-state index contributed by atoms with van der Waals surface area (Å²) in [5.41, 5.74) is 2.19. The van der Waals surface area contributed by atoms with Crippen molar-refractivity contribution in [1.82, 2.24) is 4.90 Å². The molecule has 0 atom stereocenters. The number of hydrogen-bond acceptors (Lipinski definition) is 3. The molecule has 3 nitrogen and oxygen atoms in total. The van der Waals surface area contributed by atoms with E-state index >= 15 is 0 Å². The van der Waals surface area contributed by atoms with Crippen LogP contribution in [0, 0.1) is 23.2 Å². The lowest BCUT2D eigenvalue weighted by Crippen LogP contribution is -2.23. The minimum atomic E-state index is 0.0729. The second kappa shape index (κ2) is 9.30. The third-order valence-electron chi connectivity index (χ3n) is 3.36. The average molecular weight is 304 g/mol. The van der Waals surface area contributed by atoms with E-state index in [0.29, 0.717) is 6.54 Å². The number of rotatable bonds is 6. The van der Waals surface area contributed by atoms with Crippen LogP contribution in [0.15, 0.2) is 54.6 Å². The quantitative estimate of drug-likeness (QED) is 0.767. The maximum atomic E-state index is 8.57. The van der Waals surface area contributed by atoms with Gasteiger partial charge in [0.2, 0.25) is 0 Å². The van der Waals surface area contributed by atoms with Gasteiger partial charge in [0.05, 0.1) is 6.54 Å².